The van der Waals surface area contributed by atoms with E-state index in [1.807, 2.05) is 12.3 Å². The Bertz CT molecular complexity index is 1240. The zero-order valence-corrected chi connectivity index (χ0v) is 18.0. The topological polar surface area (TPSA) is 110 Å². The number of nitrogens with two attached hydrogens (primary N) is 1. The molecule has 0 aliphatic carbocycles. The van der Waals surface area contributed by atoms with Gasteiger partial charge < -0.3 is 15.2 Å². The highest BCUT2D eigenvalue weighted by molar-refractivity contribution is 6.37. The number of fused-ring (bicyclic) bond motifs is 1. The zero-order chi connectivity index (χ0) is 22.0. The van der Waals surface area contributed by atoms with Gasteiger partial charge in [-0.25, -0.2) is 14.3 Å². The molecule has 0 bridgehead atoms. The van der Waals surface area contributed by atoms with Crippen molar-refractivity contribution in [3.63, 3.8) is 0 Å². The highest BCUT2D eigenvalue weighted by Gasteiger charge is 2.21. The molecule has 9 nitrogen and oxygen atoms in total. The number of carbonyl (C=O) groups is 1. The van der Waals surface area contributed by atoms with Crippen molar-refractivity contribution in [1.29, 1.82) is 0 Å². The van der Waals surface area contributed by atoms with Crippen LogP contribution in [0, 0.1) is 0 Å². The summed E-state index contributed by atoms with van der Waals surface area (Å²) in [5.41, 5.74) is 7.63. The van der Waals surface area contributed by atoms with Gasteiger partial charge in [-0.2, -0.15) is 5.10 Å². The molecule has 11 heteroatoms. The molecule has 160 valence electrons. The molecule has 0 unspecified atom stereocenters. The van der Waals surface area contributed by atoms with E-state index in [0.29, 0.717) is 51.3 Å². The summed E-state index contributed by atoms with van der Waals surface area (Å²) in [7, 11) is 0. The molecule has 3 heterocycles. The Kier molecular flexibility index (Phi) is 5.97. The van der Waals surface area contributed by atoms with Crippen LogP contribution in [0.2, 0.25) is 10.0 Å². The van der Waals surface area contributed by atoms with Crippen molar-refractivity contribution in [2.75, 3.05) is 18.9 Å². The number of benzene rings is 1. The number of anilines is 1. The predicted octanol–water partition coefficient (Wildman–Crippen LogP) is 3.74. The molecule has 2 N–H and O–H groups in total. The fourth-order valence-electron chi connectivity index (χ4n) is 3.10. The van der Waals surface area contributed by atoms with Crippen LogP contribution in [-0.2, 0) is 11.3 Å². The van der Waals surface area contributed by atoms with Gasteiger partial charge in [0.1, 0.15) is 18.1 Å². The lowest BCUT2D eigenvalue weighted by molar-refractivity contribution is 0.0526. The number of hydrogen-bond donors (Lipinski definition) is 1. The third-order valence-electron chi connectivity index (χ3n) is 4.38. The Morgan fingerprint density at radius 1 is 1.26 bits per heavy atom. The van der Waals surface area contributed by atoms with E-state index >= 15 is 0 Å². The fraction of sp³-hybridized carbons (Fsp3) is 0.200. The standard InChI is InChI=1S/C20H18Cl2N6O3/c1-2-30-19(29)12-8-15-18(25-20(23)26-28(15)11-12)17-14(22)9-13(21)10-16(17)31-7-6-27-5-3-4-24-27/h3-5,8-11H,2,6-7H2,1H3,(H2,23,26). The summed E-state index contributed by atoms with van der Waals surface area (Å²) in [4.78, 5) is 16.6. The number of nitrogens with zero attached hydrogens (tertiary/aromatic N) is 5. The first-order valence-electron chi connectivity index (χ1n) is 9.39. The lowest BCUT2D eigenvalue weighted by Gasteiger charge is -2.14. The average Bonchev–Trinajstić information content (AvgIpc) is 3.37. The van der Waals surface area contributed by atoms with Gasteiger partial charge in [-0.1, -0.05) is 23.2 Å². The van der Waals surface area contributed by atoms with E-state index < -0.39 is 5.97 Å². The van der Waals surface area contributed by atoms with Crippen molar-refractivity contribution in [2.45, 2.75) is 13.5 Å². The maximum atomic E-state index is 12.2. The molecule has 0 fully saturated rings. The maximum Gasteiger partial charge on any atom is 0.339 e. The number of rotatable bonds is 7. The molecule has 0 amide bonds. The van der Waals surface area contributed by atoms with Crippen LogP contribution in [0.1, 0.15) is 17.3 Å². The van der Waals surface area contributed by atoms with Gasteiger partial charge >= 0.3 is 5.97 Å². The minimum Gasteiger partial charge on any atom is -0.491 e. The van der Waals surface area contributed by atoms with Gasteiger partial charge in [-0.3, -0.25) is 4.68 Å². The number of aromatic nitrogens is 5. The van der Waals surface area contributed by atoms with Gasteiger partial charge in [-0.15, -0.1) is 5.10 Å². The lowest BCUT2D eigenvalue weighted by atomic mass is 10.1. The third-order valence-corrected chi connectivity index (χ3v) is 4.90. The maximum absolute atomic E-state index is 12.2. The van der Waals surface area contributed by atoms with Crippen molar-refractivity contribution in [3.05, 3.63) is 58.5 Å². The lowest BCUT2D eigenvalue weighted by Crippen LogP contribution is -2.09. The molecule has 0 aliphatic heterocycles. The summed E-state index contributed by atoms with van der Waals surface area (Å²) >= 11 is 12.7. The number of esters is 1. The Morgan fingerprint density at radius 3 is 2.84 bits per heavy atom. The quantitative estimate of drug-likeness (QED) is 0.418. The highest BCUT2D eigenvalue weighted by atomic mass is 35.5. The molecule has 0 aliphatic rings. The summed E-state index contributed by atoms with van der Waals surface area (Å²) < 4.78 is 14.3. The average molecular weight is 461 g/mol. The van der Waals surface area contributed by atoms with Crippen LogP contribution in [0.5, 0.6) is 5.75 Å². The Balaban J connectivity index is 1.78. The van der Waals surface area contributed by atoms with E-state index in [1.54, 1.807) is 36.0 Å². The minimum atomic E-state index is -0.476. The van der Waals surface area contributed by atoms with Gasteiger partial charge in [0.2, 0.25) is 5.95 Å². The van der Waals surface area contributed by atoms with E-state index in [1.165, 1.54) is 10.7 Å². The smallest absolute Gasteiger partial charge is 0.339 e. The molecule has 0 saturated carbocycles. The molecule has 1 aromatic carbocycles. The fourth-order valence-corrected chi connectivity index (χ4v) is 3.67. The molecule has 31 heavy (non-hydrogen) atoms. The van der Waals surface area contributed by atoms with Gasteiger partial charge in [0.05, 0.1) is 34.8 Å². The zero-order valence-electron chi connectivity index (χ0n) is 16.5. The monoisotopic (exact) mass is 460 g/mol. The van der Waals surface area contributed by atoms with Crippen LogP contribution in [-0.4, -0.2) is 43.6 Å². The van der Waals surface area contributed by atoms with E-state index in [9.17, 15) is 4.79 Å². The number of ether oxygens (including phenoxy) is 2. The molecular weight excluding hydrogens is 443 g/mol. The second-order valence-electron chi connectivity index (χ2n) is 6.48. The van der Waals surface area contributed by atoms with Gasteiger partial charge in [0, 0.05) is 23.6 Å². The molecule has 4 aromatic rings. The Labute approximate surface area is 187 Å². The summed E-state index contributed by atoms with van der Waals surface area (Å²) in [5, 5.41) is 9.03. The molecule has 0 radical (unpaired) electrons. The van der Waals surface area contributed by atoms with Crippen molar-refractivity contribution in [2.24, 2.45) is 0 Å². The number of carbonyl (C=O) groups excluding carboxylic acids is 1. The molecule has 0 atom stereocenters. The van der Waals surface area contributed by atoms with E-state index in [-0.39, 0.29) is 12.6 Å². The van der Waals surface area contributed by atoms with Crippen LogP contribution in [0.4, 0.5) is 5.95 Å². The molecule has 3 aromatic heterocycles. The molecule has 4 rings (SSSR count). The van der Waals surface area contributed by atoms with Crippen LogP contribution >= 0.6 is 23.2 Å². The van der Waals surface area contributed by atoms with Crippen molar-refractivity contribution in [1.82, 2.24) is 24.4 Å². The van der Waals surface area contributed by atoms with E-state index in [0.717, 1.165) is 0 Å². The largest absolute Gasteiger partial charge is 0.491 e. The predicted molar refractivity (Wildman–Crippen MR) is 117 cm³/mol. The van der Waals surface area contributed by atoms with E-state index in [2.05, 4.69) is 15.2 Å². The summed E-state index contributed by atoms with van der Waals surface area (Å²) in [5.74, 6) is -0.0546. The summed E-state index contributed by atoms with van der Waals surface area (Å²) in [6.45, 7) is 2.83. The van der Waals surface area contributed by atoms with Crippen molar-refractivity contribution >= 4 is 40.6 Å². The van der Waals surface area contributed by atoms with Crippen LogP contribution < -0.4 is 10.5 Å². The first-order valence-corrected chi connectivity index (χ1v) is 10.1. The minimum absolute atomic E-state index is 0.00187. The first-order chi connectivity index (χ1) is 15.0. The summed E-state index contributed by atoms with van der Waals surface area (Å²) in [6.07, 6.45) is 5.05. The van der Waals surface area contributed by atoms with Gasteiger partial charge in [0.15, 0.2) is 0 Å². The Morgan fingerprint density at radius 2 is 2.10 bits per heavy atom. The Hall–Kier alpha value is -3.30. The molecule has 0 spiro atoms. The van der Waals surface area contributed by atoms with Gasteiger partial charge in [0.25, 0.3) is 0 Å². The number of hydrogen-bond acceptors (Lipinski definition) is 7. The second kappa shape index (κ2) is 8.83. The highest BCUT2D eigenvalue weighted by Crippen LogP contribution is 2.40. The first kappa shape index (κ1) is 21.0. The normalized spacial score (nSPS) is 11.1. The van der Waals surface area contributed by atoms with E-state index in [4.69, 9.17) is 38.4 Å². The van der Waals surface area contributed by atoms with Crippen LogP contribution in [0.3, 0.4) is 0 Å². The third kappa shape index (κ3) is 4.42. The molecular formula is C20H18Cl2N6O3. The van der Waals surface area contributed by atoms with Crippen LogP contribution in [0.25, 0.3) is 16.8 Å². The van der Waals surface area contributed by atoms with Crippen molar-refractivity contribution in [3.8, 4) is 17.0 Å². The summed E-state index contributed by atoms with van der Waals surface area (Å²) in [6, 6.07) is 6.68. The van der Waals surface area contributed by atoms with Crippen LogP contribution in [0.15, 0.2) is 42.9 Å². The second-order valence-corrected chi connectivity index (χ2v) is 7.32. The van der Waals surface area contributed by atoms with Crippen molar-refractivity contribution < 1.29 is 14.3 Å². The number of halogens is 2. The SMILES string of the molecule is CCOC(=O)c1cc2c(-c3c(Cl)cc(Cl)cc3OCCn3cccn3)nc(N)nn2c1. The van der Waals surface area contributed by atoms with Gasteiger partial charge in [-0.05, 0) is 31.2 Å². The number of nitrogen functional groups attached to an aromatic ring is 1. The molecule has 0 saturated heterocycles.